The minimum absolute atomic E-state index is 0.0881. The van der Waals surface area contributed by atoms with Crippen molar-refractivity contribution in [3.63, 3.8) is 0 Å². The first-order chi connectivity index (χ1) is 19.0. The molecule has 0 atom stereocenters. The second-order valence-electron chi connectivity index (χ2n) is 8.79. The lowest BCUT2D eigenvalue weighted by Gasteiger charge is -2.31. The van der Waals surface area contributed by atoms with Gasteiger partial charge in [-0.1, -0.05) is 24.3 Å². The summed E-state index contributed by atoms with van der Waals surface area (Å²) >= 11 is 0. The first-order valence-corrected chi connectivity index (χ1v) is 13.6. The monoisotopic (exact) mass is 577 g/mol. The van der Waals surface area contributed by atoms with Crippen LogP contribution < -0.4 is 14.5 Å². The zero-order valence-corrected chi connectivity index (χ0v) is 22.2. The number of hydrogen-bond acceptors (Lipinski definition) is 7. The molecule has 0 saturated carbocycles. The molecular weight excluding hydrogens is 551 g/mol. The van der Waals surface area contributed by atoms with Crippen LogP contribution in [0.15, 0.2) is 77.7 Å². The summed E-state index contributed by atoms with van der Waals surface area (Å²) in [5.74, 6) is -1.85. The summed E-state index contributed by atoms with van der Waals surface area (Å²) in [7, 11) is -2.64. The molecule has 0 radical (unpaired) electrons. The third-order valence-electron chi connectivity index (χ3n) is 6.13. The first kappa shape index (κ1) is 28.9. The second-order valence-corrected chi connectivity index (χ2v) is 10.8. The van der Waals surface area contributed by atoms with Gasteiger partial charge in [0.25, 0.3) is 15.9 Å². The maximum atomic E-state index is 13.3. The molecule has 0 unspecified atom stereocenters. The van der Waals surface area contributed by atoms with Crippen LogP contribution in [0, 0.1) is 0 Å². The zero-order chi connectivity index (χ0) is 28.9. The number of carbonyl (C=O) groups excluding carboxylic acids is 2. The molecule has 9 nitrogen and oxygen atoms in total. The highest BCUT2D eigenvalue weighted by molar-refractivity contribution is 7.92. The van der Waals surface area contributed by atoms with Crippen molar-refractivity contribution < 1.29 is 40.7 Å². The molecule has 1 aliphatic heterocycles. The summed E-state index contributed by atoms with van der Waals surface area (Å²) in [5, 5.41) is 2.39. The van der Waals surface area contributed by atoms with Gasteiger partial charge in [-0.2, -0.15) is 13.2 Å². The summed E-state index contributed by atoms with van der Waals surface area (Å²) in [4.78, 5) is 26.9. The fourth-order valence-electron chi connectivity index (χ4n) is 4.01. The fraction of sp³-hybridized carbons (Fsp3) is 0.259. The SMILES string of the molecule is CN(c1ccccc1)S(=O)(=O)c1cccc(C(=O)OCC(=O)Nc2cc(C(F)(F)F)ccc2N2CCOCC2)c1. The Morgan fingerprint density at radius 1 is 1.00 bits per heavy atom. The number of alkyl halides is 3. The molecule has 0 spiro atoms. The molecule has 40 heavy (non-hydrogen) atoms. The van der Waals surface area contributed by atoms with Gasteiger partial charge in [0, 0.05) is 20.1 Å². The standard InChI is InChI=1S/C27H26F3N3O6S/c1-32(21-7-3-2-4-8-21)40(36,37)22-9-5-6-19(16-22)26(35)39-18-25(34)31-23-17-20(27(28,29)30)10-11-24(23)33-12-14-38-15-13-33/h2-11,16-17H,12-15,18H2,1H3,(H,31,34). The van der Waals surface area contributed by atoms with E-state index < -0.39 is 40.2 Å². The lowest BCUT2D eigenvalue weighted by molar-refractivity contribution is -0.137. The predicted octanol–water partition coefficient (Wildman–Crippen LogP) is 4.16. The molecule has 4 rings (SSSR count). The van der Waals surface area contributed by atoms with Crippen LogP contribution >= 0.6 is 0 Å². The highest BCUT2D eigenvalue weighted by Gasteiger charge is 2.32. The maximum absolute atomic E-state index is 13.3. The molecule has 1 amide bonds. The van der Waals surface area contributed by atoms with Crippen molar-refractivity contribution >= 4 is 39.0 Å². The minimum Gasteiger partial charge on any atom is -0.452 e. The van der Waals surface area contributed by atoms with Crippen LogP contribution in [0.1, 0.15) is 15.9 Å². The third-order valence-corrected chi connectivity index (χ3v) is 7.91. The Hall–Kier alpha value is -4.10. The number of anilines is 3. The molecule has 1 aliphatic rings. The quantitative estimate of drug-likeness (QED) is 0.401. The van der Waals surface area contributed by atoms with Crippen molar-refractivity contribution in [2.24, 2.45) is 0 Å². The second kappa shape index (κ2) is 12.0. The molecule has 1 fully saturated rings. The van der Waals surface area contributed by atoms with E-state index in [4.69, 9.17) is 9.47 Å². The lowest BCUT2D eigenvalue weighted by atomic mass is 10.1. The van der Waals surface area contributed by atoms with Gasteiger partial charge in [-0.25, -0.2) is 13.2 Å². The van der Waals surface area contributed by atoms with E-state index in [0.29, 0.717) is 37.7 Å². The van der Waals surface area contributed by atoms with Crippen molar-refractivity contribution in [2.45, 2.75) is 11.1 Å². The van der Waals surface area contributed by atoms with Gasteiger partial charge in [0.1, 0.15) is 0 Å². The van der Waals surface area contributed by atoms with Crippen LogP contribution in [0.3, 0.4) is 0 Å². The Morgan fingerprint density at radius 2 is 1.70 bits per heavy atom. The minimum atomic E-state index is -4.63. The smallest absolute Gasteiger partial charge is 0.416 e. The molecule has 0 aromatic heterocycles. The first-order valence-electron chi connectivity index (χ1n) is 12.1. The topological polar surface area (TPSA) is 105 Å². The Labute approximate surface area is 229 Å². The van der Waals surface area contributed by atoms with Gasteiger partial charge in [-0.05, 0) is 48.5 Å². The molecule has 212 valence electrons. The number of hydrogen-bond donors (Lipinski definition) is 1. The van der Waals surface area contributed by atoms with Crippen LogP contribution in [0.4, 0.5) is 30.2 Å². The molecular formula is C27H26F3N3O6S. The van der Waals surface area contributed by atoms with Gasteiger partial charge in [-0.3, -0.25) is 9.10 Å². The highest BCUT2D eigenvalue weighted by Crippen LogP contribution is 2.35. The van der Waals surface area contributed by atoms with Crippen LogP contribution in [0.2, 0.25) is 0 Å². The number of benzene rings is 3. The van der Waals surface area contributed by atoms with Gasteiger partial charge >= 0.3 is 12.1 Å². The van der Waals surface area contributed by atoms with Gasteiger partial charge in [0.05, 0.1) is 46.3 Å². The molecule has 0 bridgehead atoms. The number of para-hydroxylation sites is 1. The number of ether oxygens (including phenoxy) is 2. The summed E-state index contributed by atoms with van der Waals surface area (Å²) in [5.41, 5.74) is -0.372. The van der Waals surface area contributed by atoms with E-state index in [1.54, 1.807) is 35.2 Å². The number of morpholine rings is 1. The molecule has 0 aliphatic carbocycles. The lowest BCUT2D eigenvalue weighted by Crippen LogP contribution is -2.37. The average Bonchev–Trinajstić information content (AvgIpc) is 2.96. The normalized spacial score (nSPS) is 13.9. The summed E-state index contributed by atoms with van der Waals surface area (Å²) in [6.07, 6.45) is -4.63. The number of amides is 1. The number of halogens is 3. The summed E-state index contributed by atoms with van der Waals surface area (Å²) < 4.78 is 77.5. The number of rotatable bonds is 8. The molecule has 3 aromatic carbocycles. The van der Waals surface area contributed by atoms with Crippen molar-refractivity contribution in [3.05, 3.63) is 83.9 Å². The zero-order valence-electron chi connectivity index (χ0n) is 21.3. The van der Waals surface area contributed by atoms with E-state index in [-0.39, 0.29) is 16.1 Å². The van der Waals surface area contributed by atoms with E-state index >= 15 is 0 Å². The van der Waals surface area contributed by atoms with Gasteiger partial charge in [-0.15, -0.1) is 0 Å². The number of nitrogens with zero attached hydrogens (tertiary/aromatic N) is 2. The average molecular weight is 578 g/mol. The highest BCUT2D eigenvalue weighted by atomic mass is 32.2. The third kappa shape index (κ3) is 6.72. The fourth-order valence-corrected chi connectivity index (χ4v) is 5.25. The Morgan fingerprint density at radius 3 is 2.38 bits per heavy atom. The van der Waals surface area contributed by atoms with Gasteiger partial charge < -0.3 is 19.7 Å². The van der Waals surface area contributed by atoms with Crippen LogP contribution in [-0.4, -0.2) is 60.3 Å². The van der Waals surface area contributed by atoms with E-state index in [2.05, 4.69) is 5.32 Å². The van der Waals surface area contributed by atoms with Crippen LogP contribution in [0.25, 0.3) is 0 Å². The van der Waals surface area contributed by atoms with Gasteiger partial charge in [0.2, 0.25) is 0 Å². The number of sulfonamides is 1. The molecule has 13 heteroatoms. The molecule has 1 N–H and O–H groups in total. The number of nitrogens with one attached hydrogen (secondary N) is 1. The summed E-state index contributed by atoms with van der Waals surface area (Å²) in [6, 6.07) is 16.5. The Kier molecular flexibility index (Phi) is 8.64. The number of esters is 1. The molecule has 1 saturated heterocycles. The van der Waals surface area contributed by atoms with E-state index in [1.165, 1.54) is 31.3 Å². The molecule has 3 aromatic rings. The van der Waals surface area contributed by atoms with Crippen LogP contribution in [-0.2, 0) is 30.5 Å². The van der Waals surface area contributed by atoms with E-state index in [9.17, 15) is 31.2 Å². The molecule has 1 heterocycles. The largest absolute Gasteiger partial charge is 0.452 e. The Bertz CT molecular complexity index is 1480. The predicted molar refractivity (Wildman–Crippen MR) is 142 cm³/mol. The van der Waals surface area contributed by atoms with Crippen molar-refractivity contribution in [1.82, 2.24) is 0 Å². The number of carbonyl (C=O) groups is 2. The van der Waals surface area contributed by atoms with E-state index in [1.807, 2.05) is 0 Å². The van der Waals surface area contributed by atoms with E-state index in [0.717, 1.165) is 22.5 Å². The van der Waals surface area contributed by atoms with Gasteiger partial charge in [0.15, 0.2) is 6.61 Å². The maximum Gasteiger partial charge on any atom is 0.416 e. The summed E-state index contributed by atoms with van der Waals surface area (Å²) in [6.45, 7) is 0.784. The van der Waals surface area contributed by atoms with Crippen LogP contribution in [0.5, 0.6) is 0 Å². The Balaban J connectivity index is 1.46. The van der Waals surface area contributed by atoms with Crippen molar-refractivity contribution in [2.75, 3.05) is 54.5 Å². The van der Waals surface area contributed by atoms with Crippen molar-refractivity contribution in [3.8, 4) is 0 Å². The van der Waals surface area contributed by atoms with Crippen molar-refractivity contribution in [1.29, 1.82) is 0 Å².